The summed E-state index contributed by atoms with van der Waals surface area (Å²) in [4.78, 5) is 11.9. The second-order valence-corrected chi connectivity index (χ2v) is 4.86. The van der Waals surface area contributed by atoms with Crippen LogP contribution < -0.4 is 11.1 Å². The number of nitrogens with two attached hydrogens (primary N) is 1. The summed E-state index contributed by atoms with van der Waals surface area (Å²) in [6.45, 7) is 5.30. The zero-order valence-electron chi connectivity index (χ0n) is 10.1. The molecule has 0 fully saturated rings. The highest BCUT2D eigenvalue weighted by Gasteiger charge is 2.14. The van der Waals surface area contributed by atoms with Crippen LogP contribution in [0.1, 0.15) is 36.8 Å². The molecule has 0 saturated carbocycles. The summed E-state index contributed by atoms with van der Waals surface area (Å²) in [7, 11) is 0. The van der Waals surface area contributed by atoms with Gasteiger partial charge >= 0.3 is 0 Å². The first-order valence-electron chi connectivity index (χ1n) is 5.42. The predicted molar refractivity (Wildman–Crippen MR) is 75.8 cm³/mol. The van der Waals surface area contributed by atoms with Crippen molar-refractivity contribution in [1.29, 1.82) is 0 Å². The van der Waals surface area contributed by atoms with Crippen LogP contribution in [0.25, 0.3) is 0 Å². The maximum atomic E-state index is 11.9. The highest BCUT2D eigenvalue weighted by molar-refractivity contribution is 9.10. The van der Waals surface area contributed by atoms with Crippen molar-refractivity contribution in [2.75, 3.05) is 13.1 Å². The Morgan fingerprint density at radius 1 is 1.59 bits per heavy atom. The summed E-state index contributed by atoms with van der Waals surface area (Å²) in [5.74, 6) is -0.0483. The molecule has 4 nitrogen and oxygen atoms in total. The molecule has 0 atom stereocenters. The van der Waals surface area contributed by atoms with E-state index in [2.05, 4.69) is 21.2 Å². The summed E-state index contributed by atoms with van der Waals surface area (Å²) in [5.41, 5.74) is 6.05. The molecule has 0 aliphatic rings. The van der Waals surface area contributed by atoms with Gasteiger partial charge in [0.25, 0.3) is 5.91 Å². The highest BCUT2D eigenvalue weighted by atomic mass is 79.9. The lowest BCUT2D eigenvalue weighted by atomic mass is 10.3. The van der Waals surface area contributed by atoms with Gasteiger partial charge in [-0.3, -0.25) is 4.79 Å². The lowest BCUT2D eigenvalue weighted by Gasteiger charge is -2.12. The molecule has 0 aliphatic heterocycles. The Morgan fingerprint density at radius 3 is 2.76 bits per heavy atom. The predicted octanol–water partition coefficient (Wildman–Crippen LogP) is 2.33. The maximum Gasteiger partial charge on any atom is 0.267 e. The van der Waals surface area contributed by atoms with Crippen molar-refractivity contribution in [3.8, 4) is 0 Å². The number of nitrogens with zero attached hydrogens (tertiary/aromatic N) is 1. The van der Waals surface area contributed by atoms with E-state index in [0.717, 1.165) is 10.9 Å². The average Bonchev–Trinajstić information content (AvgIpc) is 2.61. The number of hydrogen-bond acceptors (Lipinski definition) is 2. The van der Waals surface area contributed by atoms with Gasteiger partial charge in [-0.25, -0.2) is 0 Å². The van der Waals surface area contributed by atoms with Gasteiger partial charge in [-0.2, -0.15) is 0 Å². The van der Waals surface area contributed by atoms with E-state index in [1.807, 2.05) is 30.7 Å². The van der Waals surface area contributed by atoms with Crippen LogP contribution in [-0.4, -0.2) is 23.6 Å². The zero-order chi connectivity index (χ0) is 12.1. The summed E-state index contributed by atoms with van der Waals surface area (Å²) >= 11 is 3.38. The Bertz CT molecular complexity index is 366. The van der Waals surface area contributed by atoms with Crippen molar-refractivity contribution in [2.24, 2.45) is 5.73 Å². The summed E-state index contributed by atoms with van der Waals surface area (Å²) in [6, 6.07) is 2.10. The monoisotopic (exact) mass is 323 g/mol. The standard InChI is InChI=1S/C11H18BrN3O.ClH/c1-8(2)15-7-9(12)6-10(15)11(16)14-5-3-4-13;/h6-8H,3-5,13H2,1-2H3,(H,14,16);1H. The summed E-state index contributed by atoms with van der Waals surface area (Å²) in [5, 5.41) is 2.85. The van der Waals surface area contributed by atoms with Gasteiger partial charge in [0.1, 0.15) is 5.69 Å². The zero-order valence-corrected chi connectivity index (χ0v) is 12.5. The quantitative estimate of drug-likeness (QED) is 0.817. The van der Waals surface area contributed by atoms with Crippen molar-refractivity contribution < 1.29 is 4.79 Å². The van der Waals surface area contributed by atoms with Crippen LogP contribution in [0.2, 0.25) is 0 Å². The molecular formula is C11H19BrClN3O. The molecule has 1 amide bonds. The summed E-state index contributed by atoms with van der Waals surface area (Å²) in [6.07, 6.45) is 2.72. The van der Waals surface area contributed by atoms with Gasteiger partial charge in [-0.1, -0.05) is 0 Å². The molecule has 98 valence electrons. The van der Waals surface area contributed by atoms with E-state index < -0.39 is 0 Å². The molecule has 0 bridgehead atoms. The fourth-order valence-corrected chi connectivity index (χ4v) is 1.89. The molecule has 0 unspecified atom stereocenters. The smallest absolute Gasteiger partial charge is 0.267 e. The lowest BCUT2D eigenvalue weighted by molar-refractivity contribution is 0.0942. The van der Waals surface area contributed by atoms with Gasteiger partial charge in [0.05, 0.1) is 0 Å². The van der Waals surface area contributed by atoms with Gasteiger partial charge in [0.2, 0.25) is 0 Å². The normalized spacial score (nSPS) is 10.2. The molecule has 0 saturated heterocycles. The molecule has 6 heteroatoms. The third kappa shape index (κ3) is 4.69. The average molecular weight is 325 g/mol. The number of rotatable bonds is 5. The van der Waals surface area contributed by atoms with Crippen LogP contribution in [0.4, 0.5) is 0 Å². The van der Waals surface area contributed by atoms with Crippen LogP contribution in [0.5, 0.6) is 0 Å². The Hall–Kier alpha value is -0.520. The van der Waals surface area contributed by atoms with Gasteiger partial charge in [-0.05, 0) is 48.8 Å². The Kier molecular flexibility index (Phi) is 7.50. The number of amides is 1. The van der Waals surface area contributed by atoms with E-state index >= 15 is 0 Å². The highest BCUT2D eigenvalue weighted by Crippen LogP contribution is 2.19. The van der Waals surface area contributed by atoms with E-state index in [-0.39, 0.29) is 24.4 Å². The van der Waals surface area contributed by atoms with Crippen LogP contribution in [0, 0.1) is 0 Å². The molecule has 0 radical (unpaired) electrons. The summed E-state index contributed by atoms with van der Waals surface area (Å²) < 4.78 is 2.87. The Morgan fingerprint density at radius 2 is 2.24 bits per heavy atom. The van der Waals surface area contributed by atoms with E-state index in [1.165, 1.54) is 0 Å². The first-order valence-corrected chi connectivity index (χ1v) is 6.21. The minimum Gasteiger partial charge on any atom is -0.351 e. The van der Waals surface area contributed by atoms with Gasteiger partial charge in [-0.15, -0.1) is 12.4 Å². The number of carbonyl (C=O) groups excluding carboxylic acids is 1. The topological polar surface area (TPSA) is 60.0 Å². The van der Waals surface area contributed by atoms with Gasteiger partial charge in [0.15, 0.2) is 0 Å². The molecule has 1 aromatic heterocycles. The first-order chi connectivity index (χ1) is 7.56. The van der Waals surface area contributed by atoms with Gasteiger partial charge in [0, 0.05) is 23.3 Å². The number of halogens is 2. The largest absolute Gasteiger partial charge is 0.351 e. The van der Waals surface area contributed by atoms with Crippen LogP contribution in [0.3, 0.4) is 0 Å². The minimum atomic E-state index is -0.0483. The van der Waals surface area contributed by atoms with E-state index in [9.17, 15) is 4.79 Å². The van der Waals surface area contributed by atoms with Crippen molar-refractivity contribution in [3.05, 3.63) is 22.4 Å². The van der Waals surface area contributed by atoms with Crippen molar-refractivity contribution >= 4 is 34.2 Å². The molecule has 1 heterocycles. The number of hydrogen-bond donors (Lipinski definition) is 2. The maximum absolute atomic E-state index is 11.9. The minimum absolute atomic E-state index is 0. The fraction of sp³-hybridized carbons (Fsp3) is 0.545. The molecule has 3 N–H and O–H groups in total. The second kappa shape index (κ2) is 7.74. The molecule has 0 spiro atoms. The van der Waals surface area contributed by atoms with Gasteiger partial charge < -0.3 is 15.6 Å². The Balaban J connectivity index is 0.00000256. The molecule has 1 rings (SSSR count). The third-order valence-electron chi connectivity index (χ3n) is 2.27. The van der Waals surface area contributed by atoms with Crippen molar-refractivity contribution in [3.63, 3.8) is 0 Å². The lowest BCUT2D eigenvalue weighted by Crippen LogP contribution is -2.28. The third-order valence-corrected chi connectivity index (χ3v) is 2.70. The van der Waals surface area contributed by atoms with Crippen LogP contribution >= 0.6 is 28.3 Å². The molecule has 0 aliphatic carbocycles. The molecule has 17 heavy (non-hydrogen) atoms. The first kappa shape index (κ1) is 16.5. The SMILES string of the molecule is CC(C)n1cc(Br)cc1C(=O)NCCCN.Cl. The number of aromatic nitrogens is 1. The fourth-order valence-electron chi connectivity index (χ4n) is 1.45. The van der Waals surface area contributed by atoms with E-state index in [1.54, 1.807) is 0 Å². The molecule has 0 aromatic carbocycles. The number of carbonyl (C=O) groups is 1. The van der Waals surface area contributed by atoms with Crippen LogP contribution in [0.15, 0.2) is 16.7 Å². The Labute approximate surface area is 116 Å². The molecule has 1 aromatic rings. The van der Waals surface area contributed by atoms with E-state index in [0.29, 0.717) is 18.8 Å². The second-order valence-electron chi connectivity index (χ2n) is 3.94. The number of nitrogens with one attached hydrogen (secondary N) is 1. The van der Waals surface area contributed by atoms with Crippen LogP contribution in [-0.2, 0) is 0 Å². The van der Waals surface area contributed by atoms with Crippen molar-refractivity contribution in [2.45, 2.75) is 26.3 Å². The van der Waals surface area contributed by atoms with E-state index in [4.69, 9.17) is 5.73 Å². The van der Waals surface area contributed by atoms with Crippen molar-refractivity contribution in [1.82, 2.24) is 9.88 Å². The molecular weight excluding hydrogens is 305 g/mol.